The Morgan fingerprint density at radius 2 is 1.78 bits per heavy atom. The minimum Gasteiger partial charge on any atom is -0.324 e. The summed E-state index contributed by atoms with van der Waals surface area (Å²) in [4.78, 5) is 0. The third-order valence-electron chi connectivity index (χ3n) is 2.78. The van der Waals surface area contributed by atoms with E-state index in [1.165, 1.54) is 6.07 Å². The summed E-state index contributed by atoms with van der Waals surface area (Å²) in [6.45, 7) is 4.06. The summed E-state index contributed by atoms with van der Waals surface area (Å²) in [5, 5.41) is 0. The fraction of sp³-hybridized carbons (Fsp3) is 0.538. The first-order chi connectivity index (χ1) is 8.21. The fourth-order valence-corrected chi connectivity index (χ4v) is 1.67. The number of halogens is 4. The highest BCUT2D eigenvalue weighted by Crippen LogP contribution is 2.32. The summed E-state index contributed by atoms with van der Waals surface area (Å²) in [5.41, 5.74) is 4.98. The second-order valence-corrected chi connectivity index (χ2v) is 4.81. The van der Waals surface area contributed by atoms with Gasteiger partial charge in [0.1, 0.15) is 5.82 Å². The summed E-state index contributed by atoms with van der Waals surface area (Å²) in [7, 11) is 0. The zero-order chi connectivity index (χ0) is 13.9. The van der Waals surface area contributed by atoms with E-state index in [9.17, 15) is 17.6 Å². The van der Waals surface area contributed by atoms with Gasteiger partial charge >= 0.3 is 6.18 Å². The predicted octanol–water partition coefficient (Wildman–Crippen LogP) is 4.28. The Balaban J connectivity index is 2.84. The molecule has 1 nitrogen and oxygen atoms in total. The number of alkyl halides is 3. The molecule has 0 saturated heterocycles. The highest BCUT2D eigenvalue weighted by atomic mass is 19.4. The molecule has 0 saturated carbocycles. The first kappa shape index (κ1) is 15.0. The van der Waals surface area contributed by atoms with Gasteiger partial charge in [0.05, 0.1) is 5.56 Å². The Kier molecular flexibility index (Phi) is 4.73. The normalized spacial score (nSPS) is 14.0. The van der Waals surface area contributed by atoms with Crippen LogP contribution in [0.1, 0.15) is 43.9 Å². The largest absolute Gasteiger partial charge is 0.419 e. The van der Waals surface area contributed by atoms with Gasteiger partial charge in [-0.25, -0.2) is 4.39 Å². The number of benzene rings is 1. The van der Waals surface area contributed by atoms with Gasteiger partial charge in [0.2, 0.25) is 0 Å². The van der Waals surface area contributed by atoms with Crippen LogP contribution < -0.4 is 5.73 Å². The van der Waals surface area contributed by atoms with Gasteiger partial charge in [0, 0.05) is 6.04 Å². The van der Waals surface area contributed by atoms with E-state index in [4.69, 9.17) is 5.73 Å². The summed E-state index contributed by atoms with van der Waals surface area (Å²) in [6, 6.07) is 2.45. The number of rotatable bonds is 4. The van der Waals surface area contributed by atoms with Crippen LogP contribution in [0.3, 0.4) is 0 Å². The Bertz CT molecular complexity index is 398. The van der Waals surface area contributed by atoms with E-state index in [1.807, 2.05) is 13.8 Å². The Labute approximate surface area is 104 Å². The third kappa shape index (κ3) is 3.98. The molecular formula is C13H17F4N. The smallest absolute Gasteiger partial charge is 0.324 e. The summed E-state index contributed by atoms with van der Waals surface area (Å²) in [5.74, 6) is -0.810. The van der Waals surface area contributed by atoms with E-state index < -0.39 is 23.6 Å². The summed E-state index contributed by atoms with van der Waals surface area (Å²) < 4.78 is 50.4. The average molecular weight is 263 g/mol. The van der Waals surface area contributed by atoms with Crippen molar-refractivity contribution in [1.29, 1.82) is 0 Å². The van der Waals surface area contributed by atoms with E-state index in [0.717, 1.165) is 18.6 Å². The molecule has 2 N–H and O–H groups in total. The van der Waals surface area contributed by atoms with E-state index in [1.54, 1.807) is 0 Å². The van der Waals surface area contributed by atoms with Gasteiger partial charge in [-0.05, 0) is 36.5 Å². The maximum absolute atomic E-state index is 13.3. The molecule has 0 heterocycles. The van der Waals surface area contributed by atoms with E-state index in [2.05, 4.69) is 0 Å². The molecule has 0 aromatic heterocycles. The minimum atomic E-state index is -4.66. The molecule has 1 atom stereocenters. The monoisotopic (exact) mass is 263 g/mol. The molecule has 0 aliphatic carbocycles. The van der Waals surface area contributed by atoms with Gasteiger partial charge in [-0.2, -0.15) is 13.2 Å². The topological polar surface area (TPSA) is 26.0 Å². The molecule has 0 fully saturated rings. The Hall–Kier alpha value is -1.10. The van der Waals surface area contributed by atoms with Gasteiger partial charge in [-0.15, -0.1) is 0 Å². The molecule has 102 valence electrons. The van der Waals surface area contributed by atoms with Crippen LogP contribution in [0.5, 0.6) is 0 Å². The van der Waals surface area contributed by atoms with Crippen molar-refractivity contribution in [1.82, 2.24) is 0 Å². The van der Waals surface area contributed by atoms with Gasteiger partial charge in [0.25, 0.3) is 0 Å². The molecular weight excluding hydrogens is 246 g/mol. The van der Waals surface area contributed by atoms with Crippen LogP contribution in [0.15, 0.2) is 18.2 Å². The quantitative estimate of drug-likeness (QED) is 0.806. The standard InChI is InChI=1S/C13H17F4N/c1-8(2)3-6-12(18)9-4-5-10(11(14)7-9)13(15,16)17/h4-5,7-8,12H,3,6,18H2,1-2H3/t12-/m0/s1. The second-order valence-electron chi connectivity index (χ2n) is 4.81. The number of nitrogens with two attached hydrogens (primary N) is 1. The maximum Gasteiger partial charge on any atom is 0.419 e. The van der Waals surface area contributed by atoms with Crippen molar-refractivity contribution in [2.45, 2.75) is 38.9 Å². The van der Waals surface area contributed by atoms with Gasteiger partial charge < -0.3 is 5.73 Å². The Morgan fingerprint density at radius 3 is 2.22 bits per heavy atom. The fourth-order valence-electron chi connectivity index (χ4n) is 1.67. The molecule has 18 heavy (non-hydrogen) atoms. The molecule has 0 aliphatic heterocycles. The highest BCUT2D eigenvalue weighted by molar-refractivity contribution is 5.28. The van der Waals surface area contributed by atoms with Crippen molar-refractivity contribution in [3.05, 3.63) is 35.1 Å². The van der Waals surface area contributed by atoms with Crippen LogP contribution in [0.2, 0.25) is 0 Å². The van der Waals surface area contributed by atoms with E-state index in [-0.39, 0.29) is 0 Å². The Morgan fingerprint density at radius 1 is 1.17 bits per heavy atom. The van der Waals surface area contributed by atoms with Gasteiger partial charge in [0.15, 0.2) is 0 Å². The minimum absolute atomic E-state index is 0.404. The summed E-state index contributed by atoms with van der Waals surface area (Å²) in [6.07, 6.45) is -3.18. The molecule has 0 radical (unpaired) electrons. The van der Waals surface area contributed by atoms with Crippen LogP contribution in [0.25, 0.3) is 0 Å². The molecule has 0 bridgehead atoms. The second kappa shape index (κ2) is 5.69. The van der Waals surface area contributed by atoms with E-state index in [0.29, 0.717) is 17.9 Å². The lowest BCUT2D eigenvalue weighted by Gasteiger charge is -2.15. The van der Waals surface area contributed by atoms with E-state index >= 15 is 0 Å². The SMILES string of the molecule is CC(C)CC[C@H](N)c1ccc(C(F)(F)F)c(F)c1. The van der Waals surface area contributed by atoms with Gasteiger partial charge in [-0.1, -0.05) is 19.9 Å². The van der Waals surface area contributed by atoms with Crippen molar-refractivity contribution in [3.8, 4) is 0 Å². The molecule has 0 unspecified atom stereocenters. The zero-order valence-corrected chi connectivity index (χ0v) is 10.4. The first-order valence-corrected chi connectivity index (χ1v) is 5.84. The predicted molar refractivity (Wildman–Crippen MR) is 62.4 cm³/mol. The van der Waals surface area contributed by atoms with Crippen molar-refractivity contribution in [2.24, 2.45) is 11.7 Å². The lowest BCUT2D eigenvalue weighted by atomic mass is 9.97. The number of hydrogen-bond donors (Lipinski definition) is 1. The van der Waals surface area contributed by atoms with Crippen molar-refractivity contribution >= 4 is 0 Å². The van der Waals surface area contributed by atoms with Crippen molar-refractivity contribution in [2.75, 3.05) is 0 Å². The zero-order valence-electron chi connectivity index (χ0n) is 10.4. The van der Waals surface area contributed by atoms with Crippen LogP contribution in [0, 0.1) is 11.7 Å². The average Bonchev–Trinajstić information content (AvgIpc) is 2.23. The third-order valence-corrected chi connectivity index (χ3v) is 2.78. The van der Waals surface area contributed by atoms with Gasteiger partial charge in [-0.3, -0.25) is 0 Å². The van der Waals surface area contributed by atoms with Crippen LogP contribution >= 0.6 is 0 Å². The van der Waals surface area contributed by atoms with Crippen molar-refractivity contribution in [3.63, 3.8) is 0 Å². The lowest BCUT2D eigenvalue weighted by molar-refractivity contribution is -0.140. The van der Waals surface area contributed by atoms with Crippen molar-refractivity contribution < 1.29 is 17.6 Å². The first-order valence-electron chi connectivity index (χ1n) is 5.84. The molecule has 1 aromatic carbocycles. The molecule has 0 spiro atoms. The molecule has 5 heteroatoms. The molecule has 0 aliphatic rings. The van der Waals surface area contributed by atoms with Crippen LogP contribution in [-0.2, 0) is 6.18 Å². The van der Waals surface area contributed by atoms with Crippen LogP contribution in [-0.4, -0.2) is 0 Å². The van der Waals surface area contributed by atoms with Crippen LogP contribution in [0.4, 0.5) is 17.6 Å². The molecule has 1 rings (SSSR count). The summed E-state index contributed by atoms with van der Waals surface area (Å²) >= 11 is 0. The maximum atomic E-state index is 13.3. The lowest BCUT2D eigenvalue weighted by Crippen LogP contribution is -2.14. The molecule has 1 aromatic rings. The number of hydrogen-bond acceptors (Lipinski definition) is 1. The highest BCUT2D eigenvalue weighted by Gasteiger charge is 2.34. The molecule has 0 amide bonds.